The third-order valence-electron chi connectivity index (χ3n) is 4.94. The van der Waals surface area contributed by atoms with Gasteiger partial charge in [-0.15, -0.1) is 0 Å². The zero-order valence-electron chi connectivity index (χ0n) is 14.3. The Morgan fingerprint density at radius 1 is 1.28 bits per heavy atom. The fraction of sp³-hybridized carbons (Fsp3) is 0.400. The number of benzene rings is 2. The fourth-order valence-corrected chi connectivity index (χ4v) is 5.26. The highest BCUT2D eigenvalue weighted by Crippen LogP contribution is 2.40. The minimum absolute atomic E-state index is 0.0947. The van der Waals surface area contributed by atoms with E-state index in [0.29, 0.717) is 21.9 Å². The molecule has 1 aliphatic rings. The Morgan fingerprint density at radius 2 is 2.08 bits per heavy atom. The van der Waals surface area contributed by atoms with Crippen molar-refractivity contribution in [3.05, 3.63) is 59.4 Å². The molecule has 3 rings (SSSR count). The predicted octanol–water partition coefficient (Wildman–Crippen LogP) is 3.83. The second-order valence-corrected chi connectivity index (χ2v) is 8.20. The van der Waals surface area contributed by atoms with Crippen molar-refractivity contribution in [3.63, 3.8) is 0 Å². The van der Waals surface area contributed by atoms with Crippen LogP contribution in [0.4, 0.5) is 10.1 Å². The summed E-state index contributed by atoms with van der Waals surface area (Å²) >= 11 is 0. The number of hydrogen-bond acceptors (Lipinski definition) is 3. The number of nitrogens with two attached hydrogens (primary N) is 1. The largest absolute Gasteiger partial charge is 0.399 e. The van der Waals surface area contributed by atoms with Crippen molar-refractivity contribution in [1.29, 1.82) is 0 Å². The summed E-state index contributed by atoms with van der Waals surface area (Å²) in [6.45, 7) is 2.10. The number of unbranched alkanes of at least 4 members (excludes halogenated alkanes) is 1. The van der Waals surface area contributed by atoms with Crippen molar-refractivity contribution in [1.82, 2.24) is 0 Å². The third kappa shape index (κ3) is 3.77. The highest BCUT2D eigenvalue weighted by molar-refractivity contribution is 7.85. The van der Waals surface area contributed by atoms with Crippen LogP contribution >= 0.6 is 0 Å². The number of anilines is 1. The fourth-order valence-electron chi connectivity index (χ4n) is 3.66. The van der Waals surface area contributed by atoms with Crippen molar-refractivity contribution < 1.29 is 13.7 Å². The van der Waals surface area contributed by atoms with E-state index in [-0.39, 0.29) is 11.7 Å². The third-order valence-corrected chi connectivity index (χ3v) is 6.53. The minimum Gasteiger partial charge on any atom is -0.399 e. The Balaban J connectivity index is 2.13. The number of halogens is 1. The Kier molecular flexibility index (Phi) is 5.54. The monoisotopic (exact) mass is 361 g/mol. The molecular formula is C20H24FNO2S. The minimum atomic E-state index is -1.25. The molecule has 0 aromatic heterocycles. The Bertz CT molecular complexity index is 780. The zero-order valence-corrected chi connectivity index (χ0v) is 15.1. The standard InChI is InChI=1S/C20H24FNO2S/c1-2-3-5-14-12-25(24)18-9-8-15(21)11-17(18)19(20(14)23)13-6-4-7-16(22)10-13/h4,6-11,14,19-20,23H,2-3,5,12,22H2,1H3. The summed E-state index contributed by atoms with van der Waals surface area (Å²) in [6, 6.07) is 11.7. The van der Waals surface area contributed by atoms with Gasteiger partial charge in [0.05, 0.1) is 16.9 Å². The van der Waals surface area contributed by atoms with Gasteiger partial charge in [-0.25, -0.2) is 4.39 Å². The Hall–Kier alpha value is -1.72. The van der Waals surface area contributed by atoms with Crippen LogP contribution in [0.3, 0.4) is 0 Å². The van der Waals surface area contributed by atoms with Gasteiger partial charge in [0.1, 0.15) is 5.82 Å². The highest BCUT2D eigenvalue weighted by Gasteiger charge is 2.37. The highest BCUT2D eigenvalue weighted by atomic mass is 32.2. The lowest BCUT2D eigenvalue weighted by molar-refractivity contribution is 0.0970. The van der Waals surface area contributed by atoms with E-state index < -0.39 is 22.8 Å². The molecule has 0 radical (unpaired) electrons. The normalized spacial score (nSPS) is 26.0. The van der Waals surface area contributed by atoms with Crippen LogP contribution in [0, 0.1) is 11.7 Å². The van der Waals surface area contributed by atoms with Gasteiger partial charge in [-0.1, -0.05) is 31.9 Å². The predicted molar refractivity (Wildman–Crippen MR) is 99.4 cm³/mol. The van der Waals surface area contributed by atoms with E-state index in [0.717, 1.165) is 24.8 Å². The lowest BCUT2D eigenvalue weighted by Gasteiger charge is -2.28. The van der Waals surface area contributed by atoms with Gasteiger partial charge in [0.2, 0.25) is 0 Å². The van der Waals surface area contributed by atoms with Gasteiger partial charge in [-0.3, -0.25) is 4.21 Å². The van der Waals surface area contributed by atoms with Crippen LogP contribution < -0.4 is 5.73 Å². The molecular weight excluding hydrogens is 337 g/mol. The summed E-state index contributed by atoms with van der Waals surface area (Å²) in [7, 11) is -1.25. The van der Waals surface area contributed by atoms with E-state index >= 15 is 0 Å². The molecule has 0 aliphatic carbocycles. The molecule has 3 nitrogen and oxygen atoms in total. The van der Waals surface area contributed by atoms with Gasteiger partial charge < -0.3 is 10.8 Å². The van der Waals surface area contributed by atoms with E-state index in [2.05, 4.69) is 6.92 Å². The SMILES string of the molecule is CCCCC1CS(=O)c2ccc(F)cc2C(c2cccc(N)c2)C1O. The molecule has 0 spiro atoms. The summed E-state index contributed by atoms with van der Waals surface area (Å²) in [5.41, 5.74) is 7.96. The maximum atomic E-state index is 13.9. The van der Waals surface area contributed by atoms with E-state index in [1.165, 1.54) is 12.1 Å². The molecule has 134 valence electrons. The van der Waals surface area contributed by atoms with Crippen molar-refractivity contribution in [2.75, 3.05) is 11.5 Å². The zero-order chi connectivity index (χ0) is 18.0. The maximum Gasteiger partial charge on any atom is 0.123 e. The van der Waals surface area contributed by atoms with E-state index in [9.17, 15) is 13.7 Å². The van der Waals surface area contributed by atoms with Crippen molar-refractivity contribution >= 4 is 16.5 Å². The van der Waals surface area contributed by atoms with Crippen LogP contribution in [0.25, 0.3) is 0 Å². The average Bonchev–Trinajstić information content (AvgIpc) is 2.68. The molecule has 0 fully saturated rings. The topological polar surface area (TPSA) is 63.3 Å². The van der Waals surface area contributed by atoms with E-state index in [4.69, 9.17) is 5.73 Å². The summed E-state index contributed by atoms with van der Waals surface area (Å²) in [6.07, 6.45) is 2.06. The quantitative estimate of drug-likeness (QED) is 0.814. The molecule has 2 aromatic carbocycles. The first kappa shape index (κ1) is 18.1. The molecule has 0 saturated carbocycles. The number of aliphatic hydroxyl groups is 1. The van der Waals surface area contributed by atoms with Gasteiger partial charge in [-0.05, 0) is 53.8 Å². The molecule has 0 saturated heterocycles. The average molecular weight is 361 g/mol. The second kappa shape index (κ2) is 7.67. The molecule has 0 bridgehead atoms. The van der Waals surface area contributed by atoms with E-state index in [1.807, 2.05) is 18.2 Å². The van der Waals surface area contributed by atoms with Crippen molar-refractivity contribution in [2.24, 2.45) is 5.92 Å². The molecule has 1 heterocycles. The summed E-state index contributed by atoms with van der Waals surface area (Å²) in [5.74, 6) is -0.507. The van der Waals surface area contributed by atoms with Crippen molar-refractivity contribution in [2.45, 2.75) is 43.1 Å². The Labute approximate surface area is 150 Å². The molecule has 25 heavy (non-hydrogen) atoms. The first-order valence-corrected chi connectivity index (χ1v) is 10.0. The van der Waals surface area contributed by atoms with Crippen LogP contribution in [0.1, 0.15) is 43.2 Å². The maximum absolute atomic E-state index is 13.9. The van der Waals surface area contributed by atoms with Crippen LogP contribution in [0.2, 0.25) is 0 Å². The molecule has 3 N–H and O–H groups in total. The van der Waals surface area contributed by atoms with Crippen molar-refractivity contribution in [3.8, 4) is 0 Å². The van der Waals surface area contributed by atoms with Crippen LogP contribution in [0.15, 0.2) is 47.4 Å². The number of nitrogen functional groups attached to an aromatic ring is 1. The van der Waals surface area contributed by atoms with Crippen LogP contribution in [-0.4, -0.2) is 21.2 Å². The number of rotatable bonds is 4. The second-order valence-electron chi connectivity index (χ2n) is 6.74. The summed E-state index contributed by atoms with van der Waals surface area (Å²) in [4.78, 5) is 0.617. The first-order valence-electron chi connectivity index (χ1n) is 8.72. The van der Waals surface area contributed by atoms with Gasteiger partial charge in [-0.2, -0.15) is 0 Å². The van der Waals surface area contributed by atoms with Crippen LogP contribution in [-0.2, 0) is 10.8 Å². The van der Waals surface area contributed by atoms with Gasteiger partial charge in [0, 0.05) is 22.3 Å². The molecule has 0 amide bonds. The lowest BCUT2D eigenvalue weighted by Crippen LogP contribution is -2.29. The number of hydrogen-bond donors (Lipinski definition) is 2. The first-order chi connectivity index (χ1) is 12.0. The lowest BCUT2D eigenvalue weighted by atomic mass is 9.80. The number of aliphatic hydroxyl groups excluding tert-OH is 1. The van der Waals surface area contributed by atoms with Gasteiger partial charge in [0.15, 0.2) is 0 Å². The van der Waals surface area contributed by atoms with Gasteiger partial charge >= 0.3 is 0 Å². The molecule has 5 heteroatoms. The molecule has 2 aromatic rings. The molecule has 4 unspecified atom stereocenters. The molecule has 1 aliphatic heterocycles. The molecule has 4 atom stereocenters. The van der Waals surface area contributed by atoms with E-state index in [1.54, 1.807) is 12.1 Å². The van der Waals surface area contributed by atoms with Crippen LogP contribution in [0.5, 0.6) is 0 Å². The Morgan fingerprint density at radius 3 is 2.80 bits per heavy atom. The smallest absolute Gasteiger partial charge is 0.123 e. The van der Waals surface area contributed by atoms with Gasteiger partial charge in [0.25, 0.3) is 0 Å². The summed E-state index contributed by atoms with van der Waals surface area (Å²) < 4.78 is 26.8. The number of fused-ring (bicyclic) bond motifs is 1. The summed E-state index contributed by atoms with van der Waals surface area (Å²) in [5, 5.41) is 11.1.